The van der Waals surface area contributed by atoms with Crippen LogP contribution >= 0.6 is 11.3 Å². The van der Waals surface area contributed by atoms with Crippen molar-refractivity contribution in [2.45, 2.75) is 78.6 Å². The first-order chi connectivity index (χ1) is 28.1. The van der Waals surface area contributed by atoms with E-state index in [9.17, 15) is 0 Å². The minimum atomic E-state index is -0.0585. The van der Waals surface area contributed by atoms with E-state index in [1.54, 1.807) is 0 Å². The number of hydrogen-bond donors (Lipinski definition) is 0. The lowest BCUT2D eigenvalue weighted by Crippen LogP contribution is -2.60. The van der Waals surface area contributed by atoms with Crippen LogP contribution in [0.4, 0.5) is 11.4 Å². The molecule has 0 spiro atoms. The highest BCUT2D eigenvalue weighted by Crippen LogP contribution is 2.50. The van der Waals surface area contributed by atoms with Crippen molar-refractivity contribution in [1.82, 2.24) is 4.57 Å². The second kappa shape index (κ2) is 11.5. The largest absolute Gasteiger partial charge is 0.455 e. The van der Waals surface area contributed by atoms with Gasteiger partial charge in [-0.15, -0.1) is 11.3 Å². The summed E-state index contributed by atoms with van der Waals surface area (Å²) < 4.78 is 12.0. The van der Waals surface area contributed by atoms with Crippen LogP contribution < -0.4 is 15.7 Å². The summed E-state index contributed by atoms with van der Waals surface area (Å²) >= 11 is 1.93. The summed E-state index contributed by atoms with van der Waals surface area (Å²) in [5.41, 5.74) is 17.5. The molecule has 5 heteroatoms. The Morgan fingerprint density at radius 1 is 0.525 bits per heavy atom. The molecule has 5 heterocycles. The smallest absolute Gasteiger partial charge is 0.333 e. The molecule has 3 aromatic heterocycles. The Labute approximate surface area is 350 Å². The van der Waals surface area contributed by atoms with Gasteiger partial charge >= 0.3 is 6.85 Å². The van der Waals surface area contributed by atoms with Gasteiger partial charge in [0.25, 0.3) is 0 Å². The molecular formula is C54H47BN2OS. The van der Waals surface area contributed by atoms with Gasteiger partial charge in [0.1, 0.15) is 11.2 Å². The van der Waals surface area contributed by atoms with E-state index in [1.807, 2.05) is 11.3 Å². The van der Waals surface area contributed by atoms with Gasteiger partial charge < -0.3 is 13.8 Å². The lowest BCUT2D eigenvalue weighted by atomic mass is 9.43. The molecule has 0 aliphatic carbocycles. The monoisotopic (exact) mass is 782 g/mol. The lowest BCUT2D eigenvalue weighted by Gasteiger charge is -2.42. The maximum atomic E-state index is 6.81. The van der Waals surface area contributed by atoms with Gasteiger partial charge in [-0.05, 0) is 104 Å². The highest BCUT2D eigenvalue weighted by atomic mass is 32.1. The Hall–Kier alpha value is -5.78. The van der Waals surface area contributed by atoms with Crippen LogP contribution in [0.25, 0.3) is 80.7 Å². The second-order valence-corrected chi connectivity index (χ2v) is 21.3. The van der Waals surface area contributed by atoms with E-state index in [0.29, 0.717) is 0 Å². The van der Waals surface area contributed by atoms with Crippen LogP contribution in [0.1, 0.15) is 79.0 Å². The van der Waals surface area contributed by atoms with Gasteiger partial charge in [0, 0.05) is 59.0 Å². The lowest BCUT2D eigenvalue weighted by molar-refractivity contribution is 0.590. The number of rotatable bonds is 1. The van der Waals surface area contributed by atoms with Crippen molar-refractivity contribution in [3.05, 3.63) is 138 Å². The molecule has 288 valence electrons. The summed E-state index contributed by atoms with van der Waals surface area (Å²) in [6, 6.07) is 46.7. The van der Waals surface area contributed by atoms with Gasteiger partial charge in [-0.25, -0.2) is 0 Å². The van der Waals surface area contributed by atoms with Crippen LogP contribution in [0.5, 0.6) is 0 Å². The first-order valence-corrected chi connectivity index (χ1v) is 21.9. The summed E-state index contributed by atoms with van der Waals surface area (Å²) in [5.74, 6) is 0. The van der Waals surface area contributed by atoms with Crippen molar-refractivity contribution in [1.29, 1.82) is 0 Å². The van der Waals surface area contributed by atoms with Crippen LogP contribution in [0.15, 0.2) is 126 Å². The first kappa shape index (κ1) is 35.2. The van der Waals surface area contributed by atoms with E-state index in [0.717, 1.165) is 21.9 Å². The Kier molecular flexibility index (Phi) is 6.85. The van der Waals surface area contributed by atoms with Crippen molar-refractivity contribution in [3.63, 3.8) is 0 Å². The van der Waals surface area contributed by atoms with Gasteiger partial charge in [0.05, 0.1) is 16.4 Å². The summed E-state index contributed by atoms with van der Waals surface area (Å²) in [5, 5.41) is 7.40. The minimum Gasteiger partial charge on any atom is -0.455 e. The third kappa shape index (κ3) is 4.83. The van der Waals surface area contributed by atoms with Gasteiger partial charge in [-0.1, -0.05) is 129 Å². The second-order valence-electron chi connectivity index (χ2n) is 20.2. The van der Waals surface area contributed by atoms with E-state index < -0.39 is 0 Å². The maximum Gasteiger partial charge on any atom is 0.333 e. The molecule has 0 saturated carbocycles. The molecule has 0 radical (unpaired) electrons. The Morgan fingerprint density at radius 3 is 1.95 bits per heavy atom. The number of thiophene rings is 1. The van der Waals surface area contributed by atoms with Gasteiger partial charge in [0.15, 0.2) is 0 Å². The molecule has 0 bridgehead atoms. The van der Waals surface area contributed by atoms with Crippen molar-refractivity contribution in [2.24, 2.45) is 0 Å². The third-order valence-electron chi connectivity index (χ3n) is 13.5. The summed E-state index contributed by atoms with van der Waals surface area (Å²) in [6.45, 7) is 20.8. The molecule has 59 heavy (non-hydrogen) atoms. The molecule has 12 rings (SSSR count). The highest BCUT2D eigenvalue weighted by molar-refractivity contribution is 7.25. The number of aromatic nitrogens is 1. The van der Waals surface area contributed by atoms with Crippen LogP contribution in [-0.2, 0) is 16.2 Å². The molecule has 10 aromatic rings. The fraction of sp³-hybridized carbons (Fsp3) is 0.222. The van der Waals surface area contributed by atoms with Crippen molar-refractivity contribution >= 4 is 104 Å². The number of furan rings is 1. The predicted octanol–water partition coefficient (Wildman–Crippen LogP) is 14.2. The SMILES string of the molecule is CC(C)(C)c1ccc(N2B3c4cc(C(C)(C)C)ccc4-n4c5ccc6c7ccccc7oc6c5c5ccc(c3c54)-c3cc4sc5cc(C(C)(C)C)ccc5c4cc32)cc1. The van der Waals surface area contributed by atoms with Crippen molar-refractivity contribution in [2.75, 3.05) is 4.81 Å². The van der Waals surface area contributed by atoms with Crippen LogP contribution in [-0.4, -0.2) is 11.4 Å². The normalized spacial score (nSPS) is 14.1. The molecule has 0 amide bonds. The summed E-state index contributed by atoms with van der Waals surface area (Å²) in [4.78, 5) is 2.68. The molecule has 0 fully saturated rings. The number of fused-ring (bicyclic) bond motifs is 15. The third-order valence-corrected chi connectivity index (χ3v) is 14.6. The van der Waals surface area contributed by atoms with Crippen molar-refractivity contribution in [3.8, 4) is 16.8 Å². The Morgan fingerprint density at radius 2 is 1.19 bits per heavy atom. The fourth-order valence-electron chi connectivity index (χ4n) is 10.3. The summed E-state index contributed by atoms with van der Waals surface area (Å²) in [7, 11) is 0. The average molecular weight is 783 g/mol. The minimum absolute atomic E-state index is 0.0250. The van der Waals surface area contributed by atoms with Gasteiger partial charge in [-0.3, -0.25) is 0 Å². The highest BCUT2D eigenvalue weighted by Gasteiger charge is 2.45. The maximum absolute atomic E-state index is 6.81. The topological polar surface area (TPSA) is 21.3 Å². The van der Waals surface area contributed by atoms with E-state index in [-0.39, 0.29) is 23.1 Å². The quantitative estimate of drug-likeness (QED) is 0.155. The fourth-order valence-corrected chi connectivity index (χ4v) is 11.4. The molecule has 3 nitrogen and oxygen atoms in total. The molecule has 2 aliphatic heterocycles. The number of anilines is 2. The predicted molar refractivity (Wildman–Crippen MR) is 256 cm³/mol. The van der Waals surface area contributed by atoms with Gasteiger partial charge in [0.2, 0.25) is 0 Å². The number of benzene rings is 7. The van der Waals surface area contributed by atoms with Crippen LogP contribution in [0.2, 0.25) is 0 Å². The number of hydrogen-bond acceptors (Lipinski definition) is 3. The summed E-state index contributed by atoms with van der Waals surface area (Å²) in [6.07, 6.45) is 0. The zero-order chi connectivity index (χ0) is 40.5. The molecule has 0 atom stereocenters. The molecule has 2 aliphatic rings. The van der Waals surface area contributed by atoms with Gasteiger partial charge in [-0.2, -0.15) is 0 Å². The average Bonchev–Trinajstić information content (AvgIpc) is 3.87. The van der Waals surface area contributed by atoms with Crippen LogP contribution in [0.3, 0.4) is 0 Å². The van der Waals surface area contributed by atoms with E-state index in [4.69, 9.17) is 4.42 Å². The Balaban J connectivity index is 1.24. The molecule has 7 aromatic carbocycles. The van der Waals surface area contributed by atoms with E-state index >= 15 is 0 Å². The van der Waals surface area contributed by atoms with E-state index in [1.165, 1.54) is 97.8 Å². The van der Waals surface area contributed by atoms with Crippen molar-refractivity contribution < 1.29 is 4.42 Å². The number of nitrogens with zero attached hydrogens (tertiary/aromatic N) is 2. The zero-order valence-electron chi connectivity index (χ0n) is 35.3. The standard InChI is InChI=1S/C54H47BN2OS/c1-52(2,3)30-14-18-33(19-15-30)57-44-28-40-35-20-16-32(54(7,8)9)27-46(35)59-47(40)29-39(44)36-21-22-38-48-43(25-23-37-34-12-10-11-13-45(34)58-51(37)48)56-42-24-17-31(53(4,5)6)26-41(42)55(57)49(36)50(38)56/h10-29H,1-9H3. The molecule has 0 saturated heterocycles. The van der Waals surface area contributed by atoms with E-state index in [2.05, 4.69) is 193 Å². The zero-order valence-corrected chi connectivity index (χ0v) is 36.2. The molecule has 0 N–H and O–H groups in total. The molecule has 0 unspecified atom stereocenters. The number of para-hydroxylation sites is 1. The first-order valence-electron chi connectivity index (χ1n) is 21.1. The Bertz CT molecular complexity index is 3450. The van der Waals surface area contributed by atoms with Crippen LogP contribution in [0, 0.1) is 0 Å². The molecular weight excluding hydrogens is 735 g/mol.